The van der Waals surface area contributed by atoms with Gasteiger partial charge < -0.3 is 14.4 Å². The molecule has 1 amide bonds. The number of rotatable bonds is 4. The molecule has 3 rings (SSSR count). The van der Waals surface area contributed by atoms with E-state index in [9.17, 15) is 9.59 Å². The van der Waals surface area contributed by atoms with Gasteiger partial charge in [0.05, 0.1) is 6.04 Å². The number of hydrogen-bond donors (Lipinski definition) is 1. The number of likely N-dealkylation sites (tertiary alicyclic amines) is 1. The average Bonchev–Trinajstić information content (AvgIpc) is 3.22. The zero-order valence-corrected chi connectivity index (χ0v) is 12.5. The van der Waals surface area contributed by atoms with Crippen LogP contribution >= 0.6 is 0 Å². The number of carbonyl (C=O) groups is 2. The Balaban J connectivity index is 1.74. The van der Waals surface area contributed by atoms with Gasteiger partial charge in [-0.3, -0.25) is 4.79 Å². The van der Waals surface area contributed by atoms with Gasteiger partial charge in [0, 0.05) is 6.54 Å². The van der Waals surface area contributed by atoms with Crippen LogP contribution in [0.25, 0.3) is 6.08 Å². The SMILES string of the molecule is O=C(O)c1ccc(C(=O)N2CCC[C@@H]2/C=C/c2ccccc2)o1. The van der Waals surface area contributed by atoms with Crippen LogP contribution in [0.2, 0.25) is 0 Å². The highest BCUT2D eigenvalue weighted by Gasteiger charge is 2.29. The minimum absolute atomic E-state index is 0.00100. The van der Waals surface area contributed by atoms with E-state index in [-0.39, 0.29) is 23.5 Å². The van der Waals surface area contributed by atoms with Gasteiger partial charge in [-0.25, -0.2) is 4.79 Å². The van der Waals surface area contributed by atoms with Crippen molar-refractivity contribution in [2.24, 2.45) is 0 Å². The Kier molecular flexibility index (Phi) is 4.28. The van der Waals surface area contributed by atoms with E-state index in [1.165, 1.54) is 12.1 Å². The van der Waals surface area contributed by atoms with Crippen molar-refractivity contribution >= 4 is 18.0 Å². The Hall–Kier alpha value is -2.82. The fraction of sp³-hybridized carbons (Fsp3) is 0.222. The van der Waals surface area contributed by atoms with Crippen LogP contribution in [0.15, 0.2) is 53.0 Å². The maximum atomic E-state index is 12.5. The summed E-state index contributed by atoms with van der Waals surface area (Å²) in [4.78, 5) is 25.1. The summed E-state index contributed by atoms with van der Waals surface area (Å²) >= 11 is 0. The first-order valence-corrected chi connectivity index (χ1v) is 7.52. The van der Waals surface area contributed by atoms with E-state index < -0.39 is 5.97 Å². The van der Waals surface area contributed by atoms with E-state index in [2.05, 4.69) is 0 Å². The zero-order valence-electron chi connectivity index (χ0n) is 12.5. The number of carbonyl (C=O) groups excluding carboxylic acids is 1. The highest BCUT2D eigenvalue weighted by molar-refractivity contribution is 5.94. The predicted octanol–water partition coefficient (Wildman–Crippen LogP) is 3.30. The maximum Gasteiger partial charge on any atom is 0.371 e. The molecular formula is C18H17NO4. The first-order valence-electron chi connectivity index (χ1n) is 7.52. The summed E-state index contributed by atoms with van der Waals surface area (Å²) in [6, 6.07) is 12.6. The Labute approximate surface area is 133 Å². The number of nitrogens with zero attached hydrogens (tertiary/aromatic N) is 1. The van der Waals surface area contributed by atoms with E-state index in [0.29, 0.717) is 6.54 Å². The lowest BCUT2D eigenvalue weighted by molar-refractivity contribution is 0.0650. The highest BCUT2D eigenvalue weighted by Crippen LogP contribution is 2.23. The van der Waals surface area contributed by atoms with Gasteiger partial charge in [0.15, 0.2) is 5.76 Å². The quantitative estimate of drug-likeness (QED) is 0.940. The topological polar surface area (TPSA) is 70.8 Å². The van der Waals surface area contributed by atoms with Gasteiger partial charge in [-0.2, -0.15) is 0 Å². The second-order valence-corrected chi connectivity index (χ2v) is 5.45. The monoisotopic (exact) mass is 311 g/mol. The second kappa shape index (κ2) is 6.52. The molecule has 118 valence electrons. The normalized spacial score (nSPS) is 17.7. The number of aromatic carboxylic acids is 1. The number of hydrogen-bond acceptors (Lipinski definition) is 3. The predicted molar refractivity (Wildman–Crippen MR) is 85.2 cm³/mol. The molecule has 23 heavy (non-hydrogen) atoms. The lowest BCUT2D eigenvalue weighted by atomic mass is 10.1. The van der Waals surface area contributed by atoms with Crippen LogP contribution in [0.3, 0.4) is 0 Å². The van der Waals surface area contributed by atoms with Crippen LogP contribution < -0.4 is 0 Å². The van der Waals surface area contributed by atoms with E-state index >= 15 is 0 Å². The molecule has 1 aliphatic rings. The molecule has 1 aliphatic heterocycles. The van der Waals surface area contributed by atoms with Crippen molar-refractivity contribution in [2.75, 3.05) is 6.54 Å². The second-order valence-electron chi connectivity index (χ2n) is 5.45. The van der Waals surface area contributed by atoms with Gasteiger partial charge in [-0.05, 0) is 30.5 Å². The minimum Gasteiger partial charge on any atom is -0.475 e. The first-order chi connectivity index (χ1) is 11.1. The minimum atomic E-state index is -1.18. The van der Waals surface area contributed by atoms with Crippen LogP contribution in [-0.2, 0) is 0 Å². The Bertz CT molecular complexity index is 732. The summed E-state index contributed by atoms with van der Waals surface area (Å²) in [5.41, 5.74) is 1.08. The summed E-state index contributed by atoms with van der Waals surface area (Å²) in [5, 5.41) is 8.88. The van der Waals surface area contributed by atoms with E-state index in [4.69, 9.17) is 9.52 Å². The summed E-state index contributed by atoms with van der Waals surface area (Å²) < 4.78 is 5.12. The number of benzene rings is 1. The van der Waals surface area contributed by atoms with Crippen LogP contribution in [0, 0.1) is 0 Å². The summed E-state index contributed by atoms with van der Waals surface area (Å²) in [6.45, 7) is 0.645. The molecule has 1 aromatic carbocycles. The van der Waals surface area contributed by atoms with Crippen LogP contribution in [0.1, 0.15) is 39.5 Å². The molecule has 1 saturated heterocycles. The van der Waals surface area contributed by atoms with E-state index in [0.717, 1.165) is 18.4 Å². The van der Waals surface area contributed by atoms with Crippen LogP contribution in [0.4, 0.5) is 0 Å². The molecule has 2 aromatic rings. The lowest BCUT2D eigenvalue weighted by Crippen LogP contribution is -2.34. The summed E-state index contributed by atoms with van der Waals surface area (Å²) in [6.07, 6.45) is 5.83. The van der Waals surface area contributed by atoms with Gasteiger partial charge in [0.1, 0.15) is 0 Å². The fourth-order valence-corrected chi connectivity index (χ4v) is 2.74. The number of carboxylic acid groups (broad SMARTS) is 1. The molecule has 1 fully saturated rings. The van der Waals surface area contributed by atoms with Crippen molar-refractivity contribution in [3.63, 3.8) is 0 Å². The fourth-order valence-electron chi connectivity index (χ4n) is 2.74. The summed E-state index contributed by atoms with van der Waals surface area (Å²) in [7, 11) is 0. The third kappa shape index (κ3) is 3.34. The zero-order chi connectivity index (χ0) is 16.2. The number of carboxylic acids is 1. The maximum absolute atomic E-state index is 12.5. The molecule has 0 aliphatic carbocycles. The third-order valence-corrected chi connectivity index (χ3v) is 3.90. The molecular weight excluding hydrogens is 294 g/mol. The number of furan rings is 1. The van der Waals surface area contributed by atoms with Crippen molar-refractivity contribution in [2.45, 2.75) is 18.9 Å². The summed E-state index contributed by atoms with van der Waals surface area (Å²) in [5.74, 6) is -1.59. The lowest BCUT2D eigenvalue weighted by Gasteiger charge is -2.21. The van der Waals surface area contributed by atoms with Crippen molar-refractivity contribution in [3.05, 3.63) is 65.6 Å². The van der Waals surface area contributed by atoms with Crippen molar-refractivity contribution in [1.82, 2.24) is 4.90 Å². The van der Waals surface area contributed by atoms with Crippen molar-refractivity contribution in [1.29, 1.82) is 0 Å². The molecule has 5 nitrogen and oxygen atoms in total. The van der Waals surface area contributed by atoms with Gasteiger partial charge >= 0.3 is 5.97 Å². The van der Waals surface area contributed by atoms with Crippen molar-refractivity contribution in [3.8, 4) is 0 Å². The van der Waals surface area contributed by atoms with Crippen molar-refractivity contribution < 1.29 is 19.1 Å². The van der Waals surface area contributed by atoms with Crippen LogP contribution in [0.5, 0.6) is 0 Å². The van der Waals surface area contributed by atoms with Gasteiger partial charge in [0.2, 0.25) is 5.76 Å². The molecule has 0 bridgehead atoms. The van der Waals surface area contributed by atoms with Gasteiger partial charge in [-0.15, -0.1) is 0 Å². The van der Waals surface area contributed by atoms with Gasteiger partial charge in [0.25, 0.3) is 5.91 Å². The molecule has 1 N–H and O–H groups in total. The molecule has 0 spiro atoms. The average molecular weight is 311 g/mol. The smallest absolute Gasteiger partial charge is 0.371 e. The molecule has 0 radical (unpaired) electrons. The molecule has 5 heteroatoms. The standard InChI is InChI=1S/C18H17NO4/c20-17(15-10-11-16(23-15)18(21)22)19-12-4-7-14(19)9-8-13-5-2-1-3-6-13/h1-3,5-6,8-11,14H,4,7,12H2,(H,21,22)/b9-8+/t14-/m1/s1. The largest absolute Gasteiger partial charge is 0.475 e. The Morgan fingerprint density at radius 1 is 1.13 bits per heavy atom. The Morgan fingerprint density at radius 3 is 2.57 bits per heavy atom. The molecule has 2 heterocycles. The Morgan fingerprint density at radius 2 is 1.87 bits per heavy atom. The molecule has 0 saturated carbocycles. The molecule has 1 aromatic heterocycles. The first kappa shape index (κ1) is 15.1. The van der Waals surface area contributed by atoms with Crippen LogP contribution in [-0.4, -0.2) is 34.5 Å². The third-order valence-electron chi connectivity index (χ3n) is 3.90. The molecule has 0 unspecified atom stereocenters. The molecule has 1 atom stereocenters. The van der Waals surface area contributed by atoms with E-state index in [1.54, 1.807) is 4.90 Å². The van der Waals surface area contributed by atoms with E-state index in [1.807, 2.05) is 42.5 Å². The van der Waals surface area contributed by atoms with Gasteiger partial charge in [-0.1, -0.05) is 42.5 Å². The number of amides is 1. The highest BCUT2D eigenvalue weighted by atomic mass is 16.4.